The van der Waals surface area contributed by atoms with Gasteiger partial charge in [-0.15, -0.1) is 24.0 Å². The molecule has 0 atom stereocenters. The molecule has 0 aromatic heterocycles. The Bertz CT molecular complexity index is 697. The number of sulfone groups is 1. The first-order valence-corrected chi connectivity index (χ1v) is 10.1. The van der Waals surface area contributed by atoms with E-state index in [0.717, 1.165) is 5.56 Å². The van der Waals surface area contributed by atoms with Crippen LogP contribution < -0.4 is 10.6 Å². The molecule has 144 valence electrons. The number of halogens is 3. The lowest BCUT2D eigenvalue weighted by Gasteiger charge is -2.25. The van der Waals surface area contributed by atoms with Crippen molar-refractivity contribution in [1.82, 2.24) is 10.6 Å². The van der Waals surface area contributed by atoms with Gasteiger partial charge in [0.1, 0.15) is 15.7 Å². The Morgan fingerprint density at radius 1 is 1.32 bits per heavy atom. The summed E-state index contributed by atoms with van der Waals surface area (Å²) in [6, 6.07) is 4.33. The van der Waals surface area contributed by atoms with Gasteiger partial charge in [0.15, 0.2) is 5.96 Å². The number of hydrogen-bond acceptors (Lipinski definition) is 3. The predicted octanol–water partition coefficient (Wildman–Crippen LogP) is 2.97. The van der Waals surface area contributed by atoms with Gasteiger partial charge in [-0.1, -0.05) is 31.5 Å². The maximum Gasteiger partial charge on any atom is 0.191 e. The number of nitrogens with zero attached hydrogens (tertiary/aromatic N) is 1. The molecule has 0 aliphatic rings. The van der Waals surface area contributed by atoms with Crippen LogP contribution in [0.1, 0.15) is 26.3 Å². The van der Waals surface area contributed by atoms with Crippen molar-refractivity contribution < 1.29 is 12.8 Å². The molecule has 25 heavy (non-hydrogen) atoms. The van der Waals surface area contributed by atoms with Gasteiger partial charge in [0, 0.05) is 29.8 Å². The molecule has 5 nitrogen and oxygen atoms in total. The summed E-state index contributed by atoms with van der Waals surface area (Å²) in [5.41, 5.74) is 0.408. The van der Waals surface area contributed by atoms with E-state index in [1.54, 1.807) is 6.07 Å². The number of hydrogen-bond donors (Lipinski definition) is 2. The van der Waals surface area contributed by atoms with Crippen molar-refractivity contribution in [2.24, 2.45) is 4.99 Å². The van der Waals surface area contributed by atoms with Gasteiger partial charge in [0.2, 0.25) is 0 Å². The van der Waals surface area contributed by atoms with Crippen molar-refractivity contribution in [3.05, 3.63) is 34.6 Å². The van der Waals surface area contributed by atoms with Crippen molar-refractivity contribution in [2.45, 2.75) is 26.2 Å². The highest BCUT2D eigenvalue weighted by Gasteiger charge is 2.23. The molecule has 2 N–H and O–H groups in total. The lowest BCUT2D eigenvalue weighted by molar-refractivity contribution is 0.535. The molecule has 0 amide bonds. The lowest BCUT2D eigenvalue weighted by Crippen LogP contribution is -2.40. The maximum atomic E-state index is 13.2. The van der Waals surface area contributed by atoms with Crippen LogP contribution >= 0.6 is 35.6 Å². The average Bonchev–Trinajstić information content (AvgIpc) is 2.43. The zero-order chi connectivity index (χ0) is 18.4. The van der Waals surface area contributed by atoms with E-state index in [1.165, 1.54) is 18.4 Å². The summed E-state index contributed by atoms with van der Waals surface area (Å²) in [4.78, 5) is 4.49. The van der Waals surface area contributed by atoms with Gasteiger partial charge in [-0.3, -0.25) is 4.99 Å². The van der Waals surface area contributed by atoms with E-state index >= 15 is 0 Å². The molecule has 0 radical (unpaired) electrons. The third kappa shape index (κ3) is 9.05. The Kier molecular flexibility index (Phi) is 10.3. The molecule has 0 fully saturated rings. The number of guanidine groups is 1. The third-order valence-corrected chi connectivity index (χ3v) is 4.66. The zero-order valence-electron chi connectivity index (χ0n) is 14.9. The van der Waals surface area contributed by atoms with Crippen LogP contribution in [-0.2, 0) is 15.3 Å². The van der Waals surface area contributed by atoms with E-state index in [4.69, 9.17) is 11.6 Å². The summed E-state index contributed by atoms with van der Waals surface area (Å²) in [5.74, 6) is 0.191. The van der Waals surface area contributed by atoms with Crippen LogP contribution in [0.3, 0.4) is 0 Å². The minimum Gasteiger partial charge on any atom is -0.357 e. The fourth-order valence-corrected chi connectivity index (χ4v) is 2.99. The SMILES string of the molecule is CCNC(=NCC(C)(C)c1ccc(F)cc1Cl)NCCS(C)(=O)=O.I. The molecule has 0 bridgehead atoms. The van der Waals surface area contributed by atoms with Crippen molar-refractivity contribution >= 4 is 51.4 Å². The first-order chi connectivity index (χ1) is 11.0. The van der Waals surface area contributed by atoms with Crippen LogP contribution in [0, 0.1) is 5.82 Å². The molecule has 9 heteroatoms. The molecule has 0 saturated carbocycles. The molecule has 0 saturated heterocycles. The summed E-state index contributed by atoms with van der Waals surface area (Å²) in [6.45, 7) is 7.21. The highest BCUT2D eigenvalue weighted by Crippen LogP contribution is 2.30. The molecule has 1 aromatic carbocycles. The Morgan fingerprint density at radius 2 is 1.96 bits per heavy atom. The molecule has 0 aliphatic heterocycles. The largest absolute Gasteiger partial charge is 0.357 e. The minimum absolute atomic E-state index is 0. The van der Waals surface area contributed by atoms with Gasteiger partial charge in [0.05, 0.1) is 12.3 Å². The summed E-state index contributed by atoms with van der Waals surface area (Å²) in [6.07, 6.45) is 1.19. The van der Waals surface area contributed by atoms with Crippen molar-refractivity contribution in [3.8, 4) is 0 Å². The fourth-order valence-electron chi connectivity index (χ4n) is 2.10. The fraction of sp³-hybridized carbons (Fsp3) is 0.562. The molecular formula is C16H26ClFIN3O2S. The Morgan fingerprint density at radius 3 is 2.48 bits per heavy atom. The van der Waals surface area contributed by atoms with Crippen molar-refractivity contribution in [1.29, 1.82) is 0 Å². The number of benzene rings is 1. The normalized spacial score (nSPS) is 12.5. The van der Waals surface area contributed by atoms with E-state index in [1.807, 2.05) is 20.8 Å². The van der Waals surface area contributed by atoms with Crippen LogP contribution in [0.5, 0.6) is 0 Å². The van der Waals surface area contributed by atoms with Crippen LogP contribution in [-0.4, -0.2) is 46.0 Å². The van der Waals surface area contributed by atoms with Gasteiger partial charge < -0.3 is 10.6 Å². The van der Waals surface area contributed by atoms with Crippen LogP contribution in [0.2, 0.25) is 5.02 Å². The second-order valence-electron chi connectivity index (χ2n) is 6.26. The number of nitrogens with one attached hydrogen (secondary N) is 2. The first-order valence-electron chi connectivity index (χ1n) is 7.70. The van der Waals surface area contributed by atoms with Crippen LogP contribution in [0.4, 0.5) is 4.39 Å². The smallest absolute Gasteiger partial charge is 0.191 e. The van der Waals surface area contributed by atoms with E-state index in [-0.39, 0.29) is 42.1 Å². The Balaban J connectivity index is 0.00000576. The molecule has 0 aliphatic carbocycles. The predicted molar refractivity (Wildman–Crippen MR) is 114 cm³/mol. The maximum absolute atomic E-state index is 13.2. The molecular weight excluding hydrogens is 480 g/mol. The van der Waals surface area contributed by atoms with Gasteiger partial charge in [-0.05, 0) is 24.6 Å². The minimum atomic E-state index is -3.03. The van der Waals surface area contributed by atoms with Gasteiger partial charge in [-0.2, -0.15) is 0 Å². The summed E-state index contributed by atoms with van der Waals surface area (Å²) in [7, 11) is -3.03. The quantitative estimate of drug-likeness (QED) is 0.340. The third-order valence-electron chi connectivity index (χ3n) is 3.40. The topological polar surface area (TPSA) is 70.6 Å². The van der Waals surface area contributed by atoms with Gasteiger partial charge in [0.25, 0.3) is 0 Å². The first kappa shape index (κ1) is 24.4. The monoisotopic (exact) mass is 505 g/mol. The standard InChI is InChI=1S/C16H25ClFN3O2S.HI/c1-5-19-15(20-8-9-24(4,22)23)21-11-16(2,3)13-7-6-12(18)10-14(13)17;/h6-7,10H,5,8-9,11H2,1-4H3,(H2,19,20,21);1H. The van der Waals surface area contributed by atoms with Crippen molar-refractivity contribution in [2.75, 3.05) is 31.6 Å². The second kappa shape index (κ2) is 10.5. The van der Waals surface area contributed by atoms with Crippen molar-refractivity contribution in [3.63, 3.8) is 0 Å². The van der Waals surface area contributed by atoms with E-state index in [0.29, 0.717) is 24.1 Å². The molecule has 0 spiro atoms. The van der Waals surface area contributed by atoms with Crippen LogP contribution in [0.15, 0.2) is 23.2 Å². The summed E-state index contributed by atoms with van der Waals surface area (Å²) < 4.78 is 35.6. The van der Waals surface area contributed by atoms with Crippen LogP contribution in [0.25, 0.3) is 0 Å². The molecule has 0 unspecified atom stereocenters. The van der Waals surface area contributed by atoms with Gasteiger partial charge in [-0.25, -0.2) is 12.8 Å². The Labute approximate surface area is 171 Å². The van der Waals surface area contributed by atoms with E-state index in [9.17, 15) is 12.8 Å². The number of aliphatic imine (C=N–C) groups is 1. The number of rotatable bonds is 7. The highest BCUT2D eigenvalue weighted by molar-refractivity contribution is 14.0. The van der Waals surface area contributed by atoms with E-state index < -0.39 is 15.3 Å². The molecule has 0 heterocycles. The van der Waals surface area contributed by atoms with Gasteiger partial charge >= 0.3 is 0 Å². The van der Waals surface area contributed by atoms with E-state index in [2.05, 4.69) is 15.6 Å². The molecule has 1 rings (SSSR count). The second-order valence-corrected chi connectivity index (χ2v) is 8.93. The summed E-state index contributed by atoms with van der Waals surface area (Å²) >= 11 is 6.14. The average molecular weight is 506 g/mol. The highest BCUT2D eigenvalue weighted by atomic mass is 127. The lowest BCUT2D eigenvalue weighted by atomic mass is 9.84. The zero-order valence-corrected chi connectivity index (χ0v) is 18.8. The molecule has 1 aromatic rings. The Hall–Kier alpha value is -0.610. The summed E-state index contributed by atoms with van der Waals surface area (Å²) in [5, 5.41) is 6.43.